The van der Waals surface area contributed by atoms with Crippen LogP contribution in [0.1, 0.15) is 25.3 Å². The number of benzene rings is 1. The zero-order valence-electron chi connectivity index (χ0n) is 14.2. The summed E-state index contributed by atoms with van der Waals surface area (Å²) in [5.41, 5.74) is 2.85. The average Bonchev–Trinajstić information content (AvgIpc) is 2.95. The number of aryl methyl sites for hydroxylation is 1. The fourth-order valence-electron chi connectivity index (χ4n) is 2.37. The SMILES string of the molecule is CCCCOCCNCc1cn(C)nc1-c1ccc([N+](=O)[O-])cc1. The second-order valence-electron chi connectivity index (χ2n) is 5.62. The Morgan fingerprint density at radius 3 is 2.71 bits per heavy atom. The molecule has 0 bridgehead atoms. The van der Waals surface area contributed by atoms with Crippen LogP contribution in [-0.4, -0.2) is 34.5 Å². The van der Waals surface area contributed by atoms with Gasteiger partial charge >= 0.3 is 0 Å². The number of nitrogens with zero attached hydrogens (tertiary/aromatic N) is 3. The number of nitrogens with one attached hydrogen (secondary N) is 1. The number of hydrogen-bond acceptors (Lipinski definition) is 5. The first-order valence-corrected chi connectivity index (χ1v) is 8.17. The van der Waals surface area contributed by atoms with E-state index in [2.05, 4.69) is 17.3 Å². The Morgan fingerprint density at radius 1 is 1.29 bits per heavy atom. The minimum atomic E-state index is -0.400. The molecule has 7 nitrogen and oxygen atoms in total. The van der Waals surface area contributed by atoms with Crippen molar-refractivity contribution in [1.82, 2.24) is 15.1 Å². The molecular weight excluding hydrogens is 308 g/mol. The van der Waals surface area contributed by atoms with Crippen LogP contribution in [0.5, 0.6) is 0 Å². The normalized spacial score (nSPS) is 10.9. The lowest BCUT2D eigenvalue weighted by Crippen LogP contribution is -2.19. The molecule has 0 amide bonds. The summed E-state index contributed by atoms with van der Waals surface area (Å²) >= 11 is 0. The lowest BCUT2D eigenvalue weighted by molar-refractivity contribution is -0.384. The average molecular weight is 332 g/mol. The molecule has 0 saturated heterocycles. The predicted molar refractivity (Wildman–Crippen MR) is 92.7 cm³/mol. The smallest absolute Gasteiger partial charge is 0.269 e. The molecule has 1 aromatic heterocycles. The summed E-state index contributed by atoms with van der Waals surface area (Å²) in [5, 5.41) is 18.6. The summed E-state index contributed by atoms with van der Waals surface area (Å²) < 4.78 is 7.28. The van der Waals surface area contributed by atoms with Crippen LogP contribution >= 0.6 is 0 Å². The number of rotatable bonds is 10. The van der Waals surface area contributed by atoms with Gasteiger partial charge in [-0.2, -0.15) is 5.10 Å². The molecule has 24 heavy (non-hydrogen) atoms. The quantitative estimate of drug-likeness (QED) is 0.411. The highest BCUT2D eigenvalue weighted by Crippen LogP contribution is 2.24. The van der Waals surface area contributed by atoms with E-state index in [-0.39, 0.29) is 5.69 Å². The largest absolute Gasteiger partial charge is 0.380 e. The summed E-state index contributed by atoms with van der Waals surface area (Å²) in [6.45, 7) is 5.09. The van der Waals surface area contributed by atoms with Crippen molar-refractivity contribution >= 4 is 5.69 Å². The monoisotopic (exact) mass is 332 g/mol. The molecule has 0 aliphatic heterocycles. The van der Waals surface area contributed by atoms with Crippen molar-refractivity contribution in [3.63, 3.8) is 0 Å². The minimum absolute atomic E-state index is 0.0820. The van der Waals surface area contributed by atoms with Crippen LogP contribution in [0.2, 0.25) is 0 Å². The van der Waals surface area contributed by atoms with Crippen molar-refractivity contribution in [3.05, 3.63) is 46.1 Å². The van der Waals surface area contributed by atoms with Crippen molar-refractivity contribution in [2.75, 3.05) is 19.8 Å². The van der Waals surface area contributed by atoms with Gasteiger partial charge in [-0.15, -0.1) is 0 Å². The standard InChI is InChI=1S/C17H24N4O3/c1-3-4-10-24-11-9-18-12-15-13-20(2)19-17(15)14-5-7-16(8-6-14)21(22)23/h5-8,13,18H,3-4,9-12H2,1-2H3. The number of aromatic nitrogens is 2. The Labute approximate surface area is 141 Å². The summed E-state index contributed by atoms with van der Waals surface area (Å²) in [7, 11) is 1.87. The molecule has 1 heterocycles. The molecule has 7 heteroatoms. The van der Waals surface area contributed by atoms with Gasteiger partial charge in [0.2, 0.25) is 0 Å². The maximum atomic E-state index is 10.8. The van der Waals surface area contributed by atoms with Gasteiger partial charge in [-0.25, -0.2) is 0 Å². The summed E-state index contributed by atoms with van der Waals surface area (Å²) in [6.07, 6.45) is 4.19. The summed E-state index contributed by atoms with van der Waals surface area (Å²) in [6, 6.07) is 6.47. The lowest BCUT2D eigenvalue weighted by Gasteiger charge is -2.06. The van der Waals surface area contributed by atoms with E-state index in [0.29, 0.717) is 13.2 Å². The van der Waals surface area contributed by atoms with Gasteiger partial charge in [0.25, 0.3) is 5.69 Å². The first-order valence-electron chi connectivity index (χ1n) is 8.17. The lowest BCUT2D eigenvalue weighted by atomic mass is 10.1. The molecule has 0 fully saturated rings. The Hall–Kier alpha value is -2.25. The Morgan fingerprint density at radius 2 is 2.04 bits per heavy atom. The predicted octanol–water partition coefficient (Wildman–Crippen LogP) is 2.90. The molecule has 1 N–H and O–H groups in total. The van der Waals surface area contributed by atoms with Gasteiger partial charge in [0.1, 0.15) is 0 Å². The van der Waals surface area contributed by atoms with Crippen molar-refractivity contribution in [2.24, 2.45) is 7.05 Å². The summed E-state index contributed by atoms with van der Waals surface area (Å²) in [4.78, 5) is 10.4. The molecule has 2 rings (SSSR count). The molecule has 1 aromatic carbocycles. The van der Waals surface area contributed by atoms with Gasteiger partial charge in [-0.1, -0.05) is 13.3 Å². The molecular formula is C17H24N4O3. The van der Waals surface area contributed by atoms with E-state index in [4.69, 9.17) is 4.74 Å². The van der Waals surface area contributed by atoms with Crippen LogP contribution in [0.15, 0.2) is 30.5 Å². The summed E-state index contributed by atoms with van der Waals surface area (Å²) in [5.74, 6) is 0. The van der Waals surface area contributed by atoms with Crippen molar-refractivity contribution in [1.29, 1.82) is 0 Å². The molecule has 0 spiro atoms. The van der Waals surface area contributed by atoms with Gasteiger partial charge in [-0.05, 0) is 18.6 Å². The molecule has 0 unspecified atom stereocenters. The zero-order valence-corrected chi connectivity index (χ0v) is 14.2. The van der Waals surface area contributed by atoms with Crippen molar-refractivity contribution < 1.29 is 9.66 Å². The third-order valence-corrected chi connectivity index (χ3v) is 3.64. The van der Waals surface area contributed by atoms with Crippen LogP contribution in [-0.2, 0) is 18.3 Å². The van der Waals surface area contributed by atoms with Crippen LogP contribution in [0.4, 0.5) is 5.69 Å². The van der Waals surface area contributed by atoms with E-state index in [1.54, 1.807) is 16.8 Å². The van der Waals surface area contributed by atoms with Crippen molar-refractivity contribution in [2.45, 2.75) is 26.3 Å². The maximum Gasteiger partial charge on any atom is 0.269 e. The molecule has 0 atom stereocenters. The maximum absolute atomic E-state index is 10.8. The van der Waals surface area contributed by atoms with E-state index in [9.17, 15) is 10.1 Å². The minimum Gasteiger partial charge on any atom is -0.380 e. The highest BCUT2D eigenvalue weighted by molar-refractivity contribution is 5.64. The number of hydrogen-bond donors (Lipinski definition) is 1. The third-order valence-electron chi connectivity index (χ3n) is 3.64. The number of ether oxygens (including phenoxy) is 1. The topological polar surface area (TPSA) is 82.2 Å². The fourth-order valence-corrected chi connectivity index (χ4v) is 2.37. The van der Waals surface area contributed by atoms with E-state index in [0.717, 1.165) is 42.8 Å². The number of unbranched alkanes of at least 4 members (excludes halogenated alkanes) is 1. The molecule has 0 aliphatic carbocycles. The van der Waals surface area contributed by atoms with Gasteiger partial charge < -0.3 is 10.1 Å². The van der Waals surface area contributed by atoms with Gasteiger partial charge in [0.15, 0.2) is 0 Å². The zero-order chi connectivity index (χ0) is 17.4. The highest BCUT2D eigenvalue weighted by Gasteiger charge is 2.12. The molecule has 130 valence electrons. The van der Waals surface area contributed by atoms with E-state index < -0.39 is 4.92 Å². The fraction of sp³-hybridized carbons (Fsp3) is 0.471. The second kappa shape index (κ2) is 9.14. The molecule has 0 radical (unpaired) electrons. The molecule has 0 saturated carbocycles. The molecule has 0 aliphatic rings. The van der Waals surface area contributed by atoms with Crippen LogP contribution in [0.3, 0.4) is 0 Å². The number of nitro groups is 1. The van der Waals surface area contributed by atoms with Crippen LogP contribution < -0.4 is 5.32 Å². The van der Waals surface area contributed by atoms with E-state index in [1.807, 2.05) is 13.2 Å². The third kappa shape index (κ3) is 5.14. The first kappa shape index (κ1) is 18.1. The van der Waals surface area contributed by atoms with E-state index >= 15 is 0 Å². The number of non-ortho nitro benzene ring substituents is 1. The van der Waals surface area contributed by atoms with Crippen molar-refractivity contribution in [3.8, 4) is 11.3 Å². The first-order chi connectivity index (χ1) is 11.6. The van der Waals surface area contributed by atoms with Crippen LogP contribution in [0.25, 0.3) is 11.3 Å². The van der Waals surface area contributed by atoms with Crippen LogP contribution in [0, 0.1) is 10.1 Å². The van der Waals surface area contributed by atoms with E-state index in [1.165, 1.54) is 12.1 Å². The van der Waals surface area contributed by atoms with Gasteiger partial charge in [0, 0.05) is 56.2 Å². The van der Waals surface area contributed by atoms with Gasteiger partial charge in [0.05, 0.1) is 17.2 Å². The number of nitro benzene ring substituents is 1. The Bertz CT molecular complexity index is 652. The highest BCUT2D eigenvalue weighted by atomic mass is 16.6. The second-order valence-corrected chi connectivity index (χ2v) is 5.62. The Balaban J connectivity index is 1.93. The van der Waals surface area contributed by atoms with Gasteiger partial charge in [-0.3, -0.25) is 14.8 Å². The Kier molecular flexibility index (Phi) is 6.89. The molecule has 2 aromatic rings.